The van der Waals surface area contributed by atoms with Crippen LogP contribution in [0.1, 0.15) is 23.6 Å². The first-order valence-electron chi connectivity index (χ1n) is 6.02. The maximum atomic E-state index is 13.3. The Hall–Kier alpha value is -1.40. The zero-order chi connectivity index (χ0) is 14.0. The largest absolute Gasteiger partial charge is 0.327 e. The van der Waals surface area contributed by atoms with Crippen LogP contribution in [0.3, 0.4) is 0 Å². The van der Waals surface area contributed by atoms with E-state index in [1.165, 1.54) is 23.9 Å². The molecule has 102 valence electrons. The number of hydrogen-bond donors (Lipinski definition) is 1. The van der Waals surface area contributed by atoms with Crippen molar-refractivity contribution in [3.8, 4) is 0 Å². The zero-order valence-electron chi connectivity index (χ0n) is 11.2. The van der Waals surface area contributed by atoms with E-state index in [1.807, 2.05) is 31.5 Å². The third-order valence-corrected chi connectivity index (χ3v) is 4.46. The van der Waals surface area contributed by atoms with Crippen molar-refractivity contribution < 1.29 is 4.39 Å². The van der Waals surface area contributed by atoms with Gasteiger partial charge in [0.05, 0.1) is 5.25 Å². The van der Waals surface area contributed by atoms with E-state index in [0.29, 0.717) is 0 Å². The minimum atomic E-state index is -0.252. The second kappa shape index (κ2) is 5.71. The molecule has 1 aromatic carbocycles. The molecule has 1 aromatic heterocycles. The molecule has 0 aliphatic heterocycles. The maximum Gasteiger partial charge on any atom is 0.191 e. The van der Waals surface area contributed by atoms with Crippen LogP contribution in [0.5, 0.6) is 0 Å². The summed E-state index contributed by atoms with van der Waals surface area (Å²) in [5.41, 5.74) is 6.88. The SMILES string of the molecule is Cc1nnc(SC(c2cccc(F)c2)C(C)N)n1C. The molecule has 0 bridgehead atoms. The Kier molecular flexibility index (Phi) is 4.21. The number of nitrogens with zero attached hydrogens (tertiary/aromatic N) is 3. The third kappa shape index (κ3) is 3.13. The normalized spacial score (nSPS) is 14.4. The molecule has 19 heavy (non-hydrogen) atoms. The molecule has 0 aliphatic rings. The number of aromatic nitrogens is 3. The van der Waals surface area contributed by atoms with E-state index in [1.54, 1.807) is 6.07 Å². The number of halogens is 1. The first kappa shape index (κ1) is 14.0. The summed E-state index contributed by atoms with van der Waals surface area (Å²) in [5.74, 6) is 0.586. The molecule has 0 amide bonds. The highest BCUT2D eigenvalue weighted by Gasteiger charge is 2.21. The molecule has 2 N–H and O–H groups in total. The number of benzene rings is 1. The average Bonchev–Trinajstić information content (AvgIpc) is 2.67. The van der Waals surface area contributed by atoms with Gasteiger partial charge in [0.2, 0.25) is 0 Å². The summed E-state index contributed by atoms with van der Waals surface area (Å²) >= 11 is 1.50. The van der Waals surface area contributed by atoms with Gasteiger partial charge in [-0.3, -0.25) is 0 Å². The van der Waals surface area contributed by atoms with Crippen LogP contribution >= 0.6 is 11.8 Å². The van der Waals surface area contributed by atoms with Crippen LogP contribution < -0.4 is 5.73 Å². The van der Waals surface area contributed by atoms with E-state index in [2.05, 4.69) is 10.2 Å². The molecule has 0 spiro atoms. The summed E-state index contributed by atoms with van der Waals surface area (Å²) in [6.07, 6.45) is 0. The van der Waals surface area contributed by atoms with Crippen molar-refractivity contribution in [2.75, 3.05) is 0 Å². The summed E-state index contributed by atoms with van der Waals surface area (Å²) in [5, 5.41) is 8.85. The van der Waals surface area contributed by atoms with Gasteiger partial charge in [-0.1, -0.05) is 23.9 Å². The highest BCUT2D eigenvalue weighted by atomic mass is 32.2. The predicted molar refractivity (Wildman–Crippen MR) is 74.4 cm³/mol. The first-order valence-corrected chi connectivity index (χ1v) is 6.90. The number of aryl methyl sites for hydroxylation is 1. The fraction of sp³-hybridized carbons (Fsp3) is 0.385. The van der Waals surface area contributed by atoms with Gasteiger partial charge >= 0.3 is 0 Å². The van der Waals surface area contributed by atoms with Gasteiger partial charge in [-0.15, -0.1) is 10.2 Å². The van der Waals surface area contributed by atoms with Crippen molar-refractivity contribution in [2.45, 2.75) is 30.3 Å². The average molecular weight is 280 g/mol. The van der Waals surface area contributed by atoms with Crippen LogP contribution in [-0.4, -0.2) is 20.8 Å². The van der Waals surface area contributed by atoms with Gasteiger partial charge in [-0.25, -0.2) is 4.39 Å². The molecule has 4 nitrogen and oxygen atoms in total. The molecule has 2 rings (SSSR count). The topological polar surface area (TPSA) is 56.7 Å². The lowest BCUT2D eigenvalue weighted by molar-refractivity contribution is 0.621. The Bertz CT molecular complexity index is 568. The lowest BCUT2D eigenvalue weighted by Crippen LogP contribution is -2.23. The Labute approximate surface area is 116 Å². The molecular formula is C13H17FN4S. The molecule has 0 saturated carbocycles. The molecule has 2 aromatic rings. The summed E-state index contributed by atoms with van der Waals surface area (Å²) in [6.45, 7) is 3.80. The monoisotopic (exact) mass is 280 g/mol. The van der Waals surface area contributed by atoms with Gasteiger partial charge < -0.3 is 10.3 Å². The second-order valence-electron chi connectivity index (χ2n) is 4.54. The highest BCUT2D eigenvalue weighted by molar-refractivity contribution is 7.99. The van der Waals surface area contributed by atoms with E-state index < -0.39 is 0 Å². The summed E-state index contributed by atoms with van der Waals surface area (Å²) < 4.78 is 15.2. The molecule has 2 atom stereocenters. The number of nitrogens with two attached hydrogens (primary N) is 1. The van der Waals surface area contributed by atoms with E-state index >= 15 is 0 Å². The summed E-state index contributed by atoms with van der Waals surface area (Å²) in [7, 11) is 1.90. The van der Waals surface area contributed by atoms with Gasteiger partial charge in [0.25, 0.3) is 0 Å². The minimum absolute atomic E-state index is 0.0574. The van der Waals surface area contributed by atoms with E-state index in [-0.39, 0.29) is 17.1 Å². The minimum Gasteiger partial charge on any atom is -0.327 e. The summed E-state index contributed by atoms with van der Waals surface area (Å²) in [4.78, 5) is 0. The lowest BCUT2D eigenvalue weighted by Gasteiger charge is -2.20. The van der Waals surface area contributed by atoms with Crippen molar-refractivity contribution >= 4 is 11.8 Å². The lowest BCUT2D eigenvalue weighted by atomic mass is 10.1. The van der Waals surface area contributed by atoms with Gasteiger partial charge in [0.15, 0.2) is 5.16 Å². The summed E-state index contributed by atoms with van der Waals surface area (Å²) in [6, 6.07) is 6.41. The van der Waals surface area contributed by atoms with Crippen molar-refractivity contribution in [1.82, 2.24) is 14.8 Å². The van der Waals surface area contributed by atoms with Gasteiger partial charge in [0.1, 0.15) is 11.6 Å². The van der Waals surface area contributed by atoms with Gasteiger partial charge in [-0.05, 0) is 31.5 Å². The highest BCUT2D eigenvalue weighted by Crippen LogP contribution is 2.36. The van der Waals surface area contributed by atoms with Crippen LogP contribution in [0.2, 0.25) is 0 Å². The van der Waals surface area contributed by atoms with Crippen molar-refractivity contribution in [1.29, 1.82) is 0 Å². The Morgan fingerprint density at radius 3 is 2.63 bits per heavy atom. The smallest absolute Gasteiger partial charge is 0.191 e. The van der Waals surface area contributed by atoms with Crippen LogP contribution in [0.25, 0.3) is 0 Å². The molecule has 0 radical (unpaired) electrons. The third-order valence-electron chi connectivity index (χ3n) is 2.94. The van der Waals surface area contributed by atoms with Crippen LogP contribution in [0.15, 0.2) is 29.4 Å². The molecule has 0 aliphatic carbocycles. The molecule has 6 heteroatoms. The quantitative estimate of drug-likeness (QED) is 0.874. The van der Waals surface area contributed by atoms with Gasteiger partial charge in [-0.2, -0.15) is 0 Å². The van der Waals surface area contributed by atoms with Crippen molar-refractivity contribution in [3.05, 3.63) is 41.5 Å². The molecule has 0 fully saturated rings. The maximum absolute atomic E-state index is 13.3. The fourth-order valence-electron chi connectivity index (χ4n) is 1.77. The number of thioether (sulfide) groups is 1. The van der Waals surface area contributed by atoms with E-state index in [4.69, 9.17) is 5.73 Å². The molecule has 0 saturated heterocycles. The second-order valence-corrected chi connectivity index (χ2v) is 5.65. The standard InChI is InChI=1S/C13H17FN4S/c1-8(15)12(10-5-4-6-11(14)7-10)19-13-17-16-9(2)18(13)3/h4-8,12H,15H2,1-3H3. The first-order chi connectivity index (χ1) is 8.99. The van der Waals surface area contributed by atoms with Gasteiger partial charge in [0, 0.05) is 13.1 Å². The fourth-order valence-corrected chi connectivity index (χ4v) is 2.87. The van der Waals surface area contributed by atoms with E-state index in [0.717, 1.165) is 16.5 Å². The van der Waals surface area contributed by atoms with Crippen molar-refractivity contribution in [3.63, 3.8) is 0 Å². The van der Waals surface area contributed by atoms with Crippen molar-refractivity contribution in [2.24, 2.45) is 12.8 Å². The Morgan fingerprint density at radius 1 is 1.37 bits per heavy atom. The molecule has 1 heterocycles. The Morgan fingerprint density at radius 2 is 2.11 bits per heavy atom. The Balaban J connectivity index is 2.29. The zero-order valence-corrected chi connectivity index (χ0v) is 12.0. The van der Waals surface area contributed by atoms with E-state index in [9.17, 15) is 4.39 Å². The van der Waals surface area contributed by atoms with Crippen LogP contribution in [-0.2, 0) is 7.05 Å². The number of hydrogen-bond acceptors (Lipinski definition) is 4. The molecule has 2 unspecified atom stereocenters. The van der Waals surface area contributed by atoms with Crippen LogP contribution in [0, 0.1) is 12.7 Å². The molecular weight excluding hydrogens is 263 g/mol. The van der Waals surface area contributed by atoms with Crippen LogP contribution in [0.4, 0.5) is 4.39 Å². The number of rotatable bonds is 4. The predicted octanol–water partition coefficient (Wildman–Crippen LogP) is 2.44.